The van der Waals surface area contributed by atoms with Crippen molar-refractivity contribution in [3.8, 4) is 10.6 Å². The third kappa shape index (κ3) is 4.51. The number of hydrogen-bond donors (Lipinski definition) is 1. The first-order chi connectivity index (χ1) is 16.7. The number of alkyl halides is 3. The van der Waals surface area contributed by atoms with Gasteiger partial charge in [-0.25, -0.2) is 9.50 Å². The summed E-state index contributed by atoms with van der Waals surface area (Å²) in [6.07, 6.45) is 1.85. The monoisotopic (exact) mass is 520 g/mol. The zero-order valence-corrected chi connectivity index (χ0v) is 19.6. The van der Waals surface area contributed by atoms with Crippen molar-refractivity contribution in [1.29, 1.82) is 0 Å². The van der Waals surface area contributed by atoms with E-state index in [4.69, 9.17) is 11.6 Å². The summed E-state index contributed by atoms with van der Waals surface area (Å²) in [4.78, 5) is 17.6. The zero-order valence-electron chi connectivity index (χ0n) is 18.0. The molecule has 0 atom stereocenters. The number of aromatic nitrogens is 7. The van der Waals surface area contributed by atoms with E-state index < -0.39 is 17.8 Å². The molecule has 14 heteroatoms. The van der Waals surface area contributed by atoms with E-state index in [1.165, 1.54) is 17.5 Å². The normalized spacial score (nSPS) is 11.9. The molecule has 0 aliphatic carbocycles. The van der Waals surface area contributed by atoms with Crippen LogP contribution < -0.4 is 5.32 Å². The number of hydrogen-bond acceptors (Lipinski definition) is 6. The second-order valence-electron chi connectivity index (χ2n) is 7.48. The first kappa shape index (κ1) is 23.1. The summed E-state index contributed by atoms with van der Waals surface area (Å²) in [6, 6.07) is 4.23. The van der Waals surface area contributed by atoms with Gasteiger partial charge in [0.2, 0.25) is 0 Å². The summed E-state index contributed by atoms with van der Waals surface area (Å²) in [5.41, 5.74) is -0.407. The fourth-order valence-corrected chi connectivity index (χ4v) is 4.37. The van der Waals surface area contributed by atoms with Crippen molar-refractivity contribution in [3.63, 3.8) is 0 Å². The van der Waals surface area contributed by atoms with Crippen LogP contribution in [0, 0.1) is 0 Å². The molecule has 0 bridgehead atoms. The van der Waals surface area contributed by atoms with E-state index in [1.54, 1.807) is 39.3 Å². The van der Waals surface area contributed by atoms with Crippen LogP contribution >= 0.6 is 22.9 Å². The smallest absolute Gasteiger partial charge is 0.318 e. The molecule has 0 aliphatic heterocycles. The van der Waals surface area contributed by atoms with Crippen molar-refractivity contribution >= 4 is 40.2 Å². The number of amides is 1. The minimum atomic E-state index is -4.75. The summed E-state index contributed by atoms with van der Waals surface area (Å²) in [5.74, 6) is -0.787. The molecule has 5 rings (SSSR count). The number of rotatable bonds is 6. The molecule has 0 unspecified atom stereocenters. The topological polar surface area (TPSA) is 94.9 Å². The Morgan fingerprint density at radius 1 is 1.20 bits per heavy atom. The van der Waals surface area contributed by atoms with E-state index in [9.17, 15) is 18.0 Å². The second-order valence-corrected chi connectivity index (χ2v) is 8.81. The van der Waals surface area contributed by atoms with Crippen LogP contribution in [0.2, 0.25) is 5.02 Å². The Bertz CT molecular complexity index is 1520. The predicted octanol–water partition coefficient (Wildman–Crippen LogP) is 4.84. The van der Waals surface area contributed by atoms with Gasteiger partial charge in [-0.15, -0.1) is 11.3 Å². The summed E-state index contributed by atoms with van der Waals surface area (Å²) in [7, 11) is 0. The maximum absolute atomic E-state index is 13.8. The highest BCUT2D eigenvalue weighted by Crippen LogP contribution is 2.35. The molecule has 0 saturated heterocycles. The van der Waals surface area contributed by atoms with Crippen LogP contribution in [-0.2, 0) is 19.3 Å². The van der Waals surface area contributed by atoms with Gasteiger partial charge in [-0.05, 0) is 24.4 Å². The van der Waals surface area contributed by atoms with E-state index in [0.29, 0.717) is 21.6 Å². The van der Waals surface area contributed by atoms with Gasteiger partial charge in [-0.3, -0.25) is 14.2 Å². The SMILES string of the molecule is CCn1cc(Cn2cc(NC(=O)c3nn4c(C(F)(F)F)cc(-c5cccs5)nc4c3Cl)cn2)cn1. The molecule has 180 valence electrons. The number of carbonyl (C=O) groups excluding carboxylic acids is 1. The van der Waals surface area contributed by atoms with Crippen LogP contribution in [-0.4, -0.2) is 40.1 Å². The second kappa shape index (κ2) is 8.82. The highest BCUT2D eigenvalue weighted by atomic mass is 35.5. The molecule has 35 heavy (non-hydrogen) atoms. The molecule has 5 aromatic heterocycles. The lowest BCUT2D eigenvalue weighted by molar-refractivity contribution is -0.142. The fraction of sp³-hybridized carbons (Fsp3) is 0.190. The minimum absolute atomic E-state index is 0.0845. The Hall–Kier alpha value is -3.71. The molecule has 1 N–H and O–H groups in total. The Labute approximate surface area is 204 Å². The van der Waals surface area contributed by atoms with Gasteiger partial charge in [0.25, 0.3) is 5.91 Å². The number of aryl methyl sites for hydroxylation is 1. The number of halogens is 4. The average molecular weight is 521 g/mol. The van der Waals surface area contributed by atoms with Gasteiger partial charge >= 0.3 is 6.18 Å². The van der Waals surface area contributed by atoms with Crippen molar-refractivity contribution in [2.24, 2.45) is 0 Å². The third-order valence-corrected chi connectivity index (χ3v) is 6.30. The van der Waals surface area contributed by atoms with Gasteiger partial charge in [0.15, 0.2) is 17.0 Å². The molecule has 9 nitrogen and oxygen atoms in total. The van der Waals surface area contributed by atoms with Crippen LogP contribution in [0.5, 0.6) is 0 Å². The predicted molar refractivity (Wildman–Crippen MR) is 123 cm³/mol. The van der Waals surface area contributed by atoms with Gasteiger partial charge in [0.1, 0.15) is 5.02 Å². The summed E-state index contributed by atoms with van der Waals surface area (Å²) in [5, 5.41) is 16.2. The van der Waals surface area contributed by atoms with E-state index >= 15 is 0 Å². The molecule has 0 aliphatic rings. The highest BCUT2D eigenvalue weighted by molar-refractivity contribution is 7.13. The lowest BCUT2D eigenvalue weighted by Crippen LogP contribution is -2.15. The minimum Gasteiger partial charge on any atom is -0.318 e. The molecular weight excluding hydrogens is 505 g/mol. The van der Waals surface area contributed by atoms with Crippen molar-refractivity contribution in [3.05, 3.63) is 70.3 Å². The Morgan fingerprint density at radius 2 is 2.00 bits per heavy atom. The molecule has 0 saturated carbocycles. The summed E-state index contributed by atoms with van der Waals surface area (Å²) >= 11 is 7.54. The molecule has 0 radical (unpaired) electrons. The standard InChI is InChI=1S/C21H16ClF3N8OS/c1-2-31-9-12(7-26-31)10-32-11-13(8-27-32)28-20(34)18-17(22)19-29-14(15-4-3-5-35-15)6-16(21(23,24)25)33(19)30-18/h3-9,11H,2,10H2,1H3,(H,28,34). The van der Waals surface area contributed by atoms with Crippen molar-refractivity contribution in [2.75, 3.05) is 5.32 Å². The quantitative estimate of drug-likeness (QED) is 0.345. The average Bonchev–Trinajstić information content (AvgIpc) is 3.61. The number of nitrogens with one attached hydrogen (secondary N) is 1. The molecule has 0 spiro atoms. The molecular formula is C21H16ClF3N8OS. The Morgan fingerprint density at radius 3 is 2.69 bits per heavy atom. The van der Waals surface area contributed by atoms with Crippen molar-refractivity contribution in [1.82, 2.24) is 34.2 Å². The largest absolute Gasteiger partial charge is 0.433 e. The molecule has 0 aromatic carbocycles. The van der Waals surface area contributed by atoms with Crippen LogP contribution in [0.15, 0.2) is 48.4 Å². The van der Waals surface area contributed by atoms with E-state index in [1.807, 2.05) is 13.1 Å². The lowest BCUT2D eigenvalue weighted by atomic mass is 10.2. The third-order valence-electron chi connectivity index (χ3n) is 5.06. The van der Waals surface area contributed by atoms with E-state index in [-0.39, 0.29) is 22.1 Å². The van der Waals surface area contributed by atoms with E-state index in [2.05, 4.69) is 25.6 Å². The van der Waals surface area contributed by atoms with Crippen LogP contribution in [0.1, 0.15) is 28.7 Å². The van der Waals surface area contributed by atoms with Gasteiger partial charge in [-0.2, -0.15) is 28.5 Å². The van der Waals surface area contributed by atoms with Gasteiger partial charge in [-0.1, -0.05) is 17.7 Å². The van der Waals surface area contributed by atoms with Gasteiger partial charge in [0, 0.05) is 24.5 Å². The Kier molecular flexibility index (Phi) is 5.81. The summed E-state index contributed by atoms with van der Waals surface area (Å²) < 4.78 is 45.3. The Balaban J connectivity index is 1.44. The van der Waals surface area contributed by atoms with Gasteiger partial charge < -0.3 is 5.32 Å². The van der Waals surface area contributed by atoms with Crippen molar-refractivity contribution in [2.45, 2.75) is 26.2 Å². The summed E-state index contributed by atoms with van der Waals surface area (Å²) in [6.45, 7) is 3.13. The lowest BCUT2D eigenvalue weighted by Gasteiger charge is -2.10. The molecule has 5 heterocycles. The van der Waals surface area contributed by atoms with Crippen LogP contribution in [0.4, 0.5) is 18.9 Å². The van der Waals surface area contributed by atoms with Crippen LogP contribution in [0.3, 0.4) is 0 Å². The maximum atomic E-state index is 13.8. The first-order valence-electron chi connectivity index (χ1n) is 10.3. The first-order valence-corrected chi connectivity index (χ1v) is 11.5. The van der Waals surface area contributed by atoms with Gasteiger partial charge in [0.05, 0.1) is 35.2 Å². The highest BCUT2D eigenvalue weighted by Gasteiger charge is 2.37. The van der Waals surface area contributed by atoms with Crippen LogP contribution in [0.25, 0.3) is 16.2 Å². The fourth-order valence-electron chi connectivity index (χ4n) is 3.44. The number of anilines is 1. The number of fused-ring (bicyclic) bond motifs is 1. The number of nitrogens with zero attached hydrogens (tertiary/aromatic N) is 7. The van der Waals surface area contributed by atoms with E-state index in [0.717, 1.165) is 18.2 Å². The zero-order chi connectivity index (χ0) is 24.7. The number of carbonyl (C=O) groups is 1. The number of thiophene rings is 1. The molecule has 5 aromatic rings. The van der Waals surface area contributed by atoms with Crippen molar-refractivity contribution < 1.29 is 18.0 Å². The molecule has 0 fully saturated rings. The molecule has 1 amide bonds. The maximum Gasteiger partial charge on any atom is 0.433 e.